The van der Waals surface area contributed by atoms with E-state index in [2.05, 4.69) is 9.97 Å². The highest BCUT2D eigenvalue weighted by molar-refractivity contribution is 8.00. The van der Waals surface area contributed by atoms with Crippen LogP contribution in [0.25, 0.3) is 10.9 Å². The smallest absolute Gasteiger partial charge is 0.183 e. The molecule has 0 bridgehead atoms. The normalized spacial score (nSPS) is 11.0. The number of halogens is 1. The Labute approximate surface area is 152 Å². The minimum Gasteiger partial charge on any atom is -0.494 e. The molecular formula is C17H16FN3O2S2. The van der Waals surface area contributed by atoms with Crippen molar-refractivity contribution >= 4 is 39.8 Å². The van der Waals surface area contributed by atoms with Crippen LogP contribution in [0.4, 0.5) is 4.39 Å². The summed E-state index contributed by atoms with van der Waals surface area (Å²) in [6.07, 6.45) is 0. The summed E-state index contributed by atoms with van der Waals surface area (Å²) in [7, 11) is 1.40. The summed E-state index contributed by atoms with van der Waals surface area (Å²) in [6.45, 7) is 2.16. The van der Waals surface area contributed by atoms with Crippen LogP contribution in [0.3, 0.4) is 0 Å². The number of hydrogen-bond donors (Lipinski definition) is 1. The summed E-state index contributed by atoms with van der Waals surface area (Å²) in [5.74, 6) is 0.407. The highest BCUT2D eigenvalue weighted by atomic mass is 32.2. The summed E-state index contributed by atoms with van der Waals surface area (Å²) >= 11 is 2.71. The fourth-order valence-electron chi connectivity index (χ4n) is 2.32. The van der Waals surface area contributed by atoms with Crippen LogP contribution >= 0.6 is 23.1 Å². The van der Waals surface area contributed by atoms with Gasteiger partial charge in [0.25, 0.3) is 0 Å². The van der Waals surface area contributed by atoms with Gasteiger partial charge in [-0.2, -0.15) is 0 Å². The predicted molar refractivity (Wildman–Crippen MR) is 98.0 cm³/mol. The van der Waals surface area contributed by atoms with Crippen LogP contribution in [-0.2, 0) is 6.54 Å². The maximum absolute atomic E-state index is 13.9. The Morgan fingerprint density at radius 3 is 2.84 bits per heavy atom. The number of carbonyl (C=O) groups is 1. The number of fused-ring (bicyclic) bond motifs is 1. The Morgan fingerprint density at radius 2 is 2.16 bits per heavy atom. The molecule has 0 amide bonds. The van der Waals surface area contributed by atoms with Gasteiger partial charge in [-0.1, -0.05) is 11.8 Å². The van der Waals surface area contributed by atoms with Crippen molar-refractivity contribution in [1.82, 2.24) is 9.97 Å². The molecule has 0 aliphatic carbocycles. The van der Waals surface area contributed by atoms with Gasteiger partial charge in [-0.15, -0.1) is 11.3 Å². The number of ketones is 1. The number of Topliss-reactive ketones (excluding diaryl/α,β-unsaturated/α-hetero) is 1. The van der Waals surface area contributed by atoms with E-state index in [0.717, 1.165) is 4.88 Å². The minimum atomic E-state index is -0.479. The van der Waals surface area contributed by atoms with Crippen molar-refractivity contribution in [2.45, 2.75) is 18.5 Å². The summed E-state index contributed by atoms with van der Waals surface area (Å²) < 4.78 is 18.9. The molecule has 0 aliphatic rings. The van der Waals surface area contributed by atoms with Crippen molar-refractivity contribution in [2.75, 3.05) is 12.9 Å². The van der Waals surface area contributed by atoms with Crippen LogP contribution in [0.15, 0.2) is 29.3 Å². The first-order valence-electron chi connectivity index (χ1n) is 7.48. The van der Waals surface area contributed by atoms with Gasteiger partial charge >= 0.3 is 0 Å². The Morgan fingerprint density at radius 1 is 1.36 bits per heavy atom. The number of rotatable bonds is 6. The van der Waals surface area contributed by atoms with Crippen LogP contribution in [0.1, 0.15) is 20.4 Å². The molecule has 8 heteroatoms. The molecule has 0 unspecified atom stereocenters. The molecule has 2 heterocycles. The zero-order valence-corrected chi connectivity index (χ0v) is 15.3. The monoisotopic (exact) mass is 377 g/mol. The molecule has 0 saturated heterocycles. The average molecular weight is 377 g/mol. The van der Waals surface area contributed by atoms with Crippen LogP contribution in [0.2, 0.25) is 0 Å². The largest absolute Gasteiger partial charge is 0.494 e. The Kier molecular flexibility index (Phi) is 5.31. The highest BCUT2D eigenvalue weighted by Crippen LogP contribution is 2.31. The summed E-state index contributed by atoms with van der Waals surface area (Å²) in [5.41, 5.74) is 6.07. The molecule has 3 rings (SSSR count). The summed E-state index contributed by atoms with van der Waals surface area (Å²) in [6, 6.07) is 6.54. The summed E-state index contributed by atoms with van der Waals surface area (Å²) in [5, 5.41) is 1.29. The lowest BCUT2D eigenvalue weighted by molar-refractivity contribution is 0.102. The molecule has 5 nitrogen and oxygen atoms in total. The minimum absolute atomic E-state index is 0.00759. The molecule has 0 radical (unpaired) electrons. The van der Waals surface area contributed by atoms with Crippen LogP contribution in [0, 0.1) is 12.7 Å². The highest BCUT2D eigenvalue weighted by Gasteiger charge is 2.15. The molecule has 25 heavy (non-hydrogen) atoms. The number of nitrogens with zero attached hydrogens (tertiary/aromatic N) is 2. The topological polar surface area (TPSA) is 78.1 Å². The van der Waals surface area contributed by atoms with Crippen LogP contribution in [-0.4, -0.2) is 28.6 Å². The van der Waals surface area contributed by atoms with Crippen molar-refractivity contribution in [3.63, 3.8) is 0 Å². The van der Waals surface area contributed by atoms with Gasteiger partial charge in [0.05, 0.1) is 23.3 Å². The first kappa shape index (κ1) is 17.8. The number of thioether (sulfide) groups is 1. The number of benzene rings is 1. The molecule has 0 saturated carbocycles. The second kappa shape index (κ2) is 7.47. The molecule has 130 valence electrons. The van der Waals surface area contributed by atoms with Gasteiger partial charge in [0.1, 0.15) is 10.9 Å². The lowest BCUT2D eigenvalue weighted by Gasteiger charge is -2.08. The number of carbonyl (C=O) groups excluding carboxylic acids is 1. The van der Waals surface area contributed by atoms with Crippen LogP contribution < -0.4 is 10.5 Å². The van der Waals surface area contributed by atoms with Gasteiger partial charge in [-0.05, 0) is 25.1 Å². The molecule has 3 aromatic rings. The lowest BCUT2D eigenvalue weighted by Crippen LogP contribution is -2.02. The van der Waals surface area contributed by atoms with Crippen molar-refractivity contribution in [3.05, 3.63) is 45.7 Å². The Hall–Kier alpha value is -2.03. The molecule has 0 aliphatic heterocycles. The van der Waals surface area contributed by atoms with Gasteiger partial charge in [0.2, 0.25) is 0 Å². The number of nitrogens with two attached hydrogens (primary N) is 1. The van der Waals surface area contributed by atoms with E-state index in [9.17, 15) is 9.18 Å². The number of aromatic nitrogens is 2. The van der Waals surface area contributed by atoms with E-state index >= 15 is 0 Å². The van der Waals surface area contributed by atoms with Crippen molar-refractivity contribution in [1.29, 1.82) is 0 Å². The number of methoxy groups -OCH3 is 1. The Bertz CT molecular complexity index is 943. The number of hydrogen-bond acceptors (Lipinski definition) is 7. The van der Waals surface area contributed by atoms with Gasteiger partial charge < -0.3 is 10.5 Å². The fourth-order valence-corrected chi connectivity index (χ4v) is 4.18. The lowest BCUT2D eigenvalue weighted by atomic mass is 10.2. The van der Waals surface area contributed by atoms with E-state index in [4.69, 9.17) is 10.5 Å². The third-order valence-corrected chi connectivity index (χ3v) is 5.66. The third kappa shape index (κ3) is 3.81. The average Bonchev–Trinajstić information content (AvgIpc) is 3.08. The zero-order chi connectivity index (χ0) is 18.0. The zero-order valence-electron chi connectivity index (χ0n) is 13.7. The quantitative estimate of drug-likeness (QED) is 0.402. The molecule has 0 fully saturated rings. The van der Waals surface area contributed by atoms with E-state index in [1.807, 2.05) is 6.07 Å². The van der Waals surface area contributed by atoms with E-state index in [1.165, 1.54) is 36.3 Å². The summed E-state index contributed by atoms with van der Waals surface area (Å²) in [4.78, 5) is 22.7. The van der Waals surface area contributed by atoms with Crippen molar-refractivity contribution in [2.24, 2.45) is 5.73 Å². The van der Waals surface area contributed by atoms with Gasteiger partial charge in [0.15, 0.2) is 17.3 Å². The third-order valence-electron chi connectivity index (χ3n) is 3.52. The van der Waals surface area contributed by atoms with E-state index < -0.39 is 5.82 Å². The SMILES string of the molecule is COc1cc2c(SCC(=O)c3ccc(CN)s3)nc(C)nc2cc1F. The van der Waals surface area contributed by atoms with Gasteiger partial charge in [-0.3, -0.25) is 4.79 Å². The number of ether oxygens (including phenoxy) is 1. The number of aryl methyl sites for hydroxylation is 1. The second-order valence-electron chi connectivity index (χ2n) is 5.26. The standard InChI is InChI=1S/C17H16FN3O2S2/c1-9-20-13-6-12(18)15(23-2)5-11(13)17(21-9)24-8-14(22)16-4-3-10(7-19)25-16/h3-6H,7-8,19H2,1-2H3. The maximum Gasteiger partial charge on any atom is 0.183 e. The predicted octanol–water partition coefficient (Wildman–Crippen LogP) is 3.58. The molecule has 1 aromatic carbocycles. The van der Waals surface area contributed by atoms with Crippen molar-refractivity contribution in [3.8, 4) is 5.75 Å². The molecule has 2 N–H and O–H groups in total. The maximum atomic E-state index is 13.9. The fraction of sp³-hybridized carbons (Fsp3) is 0.235. The van der Waals surface area contributed by atoms with E-state index in [0.29, 0.717) is 33.2 Å². The molecule has 0 atom stereocenters. The van der Waals surface area contributed by atoms with Gasteiger partial charge in [-0.25, -0.2) is 14.4 Å². The van der Waals surface area contributed by atoms with E-state index in [-0.39, 0.29) is 17.3 Å². The number of thiophene rings is 1. The molecular weight excluding hydrogens is 361 g/mol. The Balaban J connectivity index is 1.88. The second-order valence-corrected chi connectivity index (χ2v) is 7.39. The molecule has 0 spiro atoms. The first-order chi connectivity index (χ1) is 12.0. The van der Waals surface area contributed by atoms with Crippen molar-refractivity contribution < 1.29 is 13.9 Å². The molecule has 2 aromatic heterocycles. The first-order valence-corrected chi connectivity index (χ1v) is 9.28. The van der Waals surface area contributed by atoms with Crippen LogP contribution in [0.5, 0.6) is 5.75 Å². The van der Waals surface area contributed by atoms with Gasteiger partial charge in [0, 0.05) is 22.9 Å². The van der Waals surface area contributed by atoms with E-state index in [1.54, 1.807) is 19.1 Å².